The monoisotopic (exact) mass is 415 g/mol. The molecule has 1 amide bonds. The van der Waals surface area contributed by atoms with Crippen LogP contribution in [0, 0.1) is 13.8 Å². The Balaban J connectivity index is 1.73. The van der Waals surface area contributed by atoms with E-state index < -0.39 is 5.97 Å². The van der Waals surface area contributed by atoms with E-state index in [-0.39, 0.29) is 24.1 Å². The van der Waals surface area contributed by atoms with Crippen molar-refractivity contribution >= 4 is 29.4 Å². The Hall–Kier alpha value is -2.74. The number of carbonyl (C=O) groups excluding carboxylic acids is 3. The van der Waals surface area contributed by atoms with E-state index in [1.807, 2.05) is 32.0 Å². The highest BCUT2D eigenvalue weighted by Gasteiger charge is 2.12. The SMILES string of the molecule is CC(=O)NCCCc1ccc(C(=O)COC(=O)CSc2nc(C)cc(C)n2)cc1. The Morgan fingerprint density at radius 2 is 1.72 bits per heavy atom. The highest BCUT2D eigenvalue weighted by atomic mass is 32.2. The molecule has 29 heavy (non-hydrogen) atoms. The molecule has 7 nitrogen and oxygen atoms in total. The third-order valence-corrected chi connectivity index (χ3v) is 4.76. The van der Waals surface area contributed by atoms with Crippen molar-refractivity contribution in [3.63, 3.8) is 0 Å². The number of carbonyl (C=O) groups is 3. The number of Topliss-reactive ketones (excluding diaryl/α,β-unsaturated/α-hetero) is 1. The highest BCUT2D eigenvalue weighted by molar-refractivity contribution is 7.99. The van der Waals surface area contributed by atoms with Crippen molar-refractivity contribution in [3.05, 3.63) is 52.8 Å². The molecule has 0 unspecified atom stereocenters. The van der Waals surface area contributed by atoms with Crippen LogP contribution < -0.4 is 5.32 Å². The predicted molar refractivity (Wildman–Crippen MR) is 111 cm³/mol. The zero-order chi connectivity index (χ0) is 21.2. The molecular formula is C21H25N3O4S. The van der Waals surface area contributed by atoms with E-state index in [1.165, 1.54) is 18.7 Å². The molecule has 0 aliphatic heterocycles. The van der Waals surface area contributed by atoms with Gasteiger partial charge in [-0.3, -0.25) is 14.4 Å². The van der Waals surface area contributed by atoms with Gasteiger partial charge >= 0.3 is 5.97 Å². The summed E-state index contributed by atoms with van der Waals surface area (Å²) in [5.74, 6) is -0.736. The van der Waals surface area contributed by atoms with Crippen LogP contribution in [0.5, 0.6) is 0 Å². The normalized spacial score (nSPS) is 10.4. The Labute approximate surface area is 174 Å². The summed E-state index contributed by atoms with van der Waals surface area (Å²) in [5.41, 5.74) is 3.24. The zero-order valence-electron chi connectivity index (χ0n) is 16.9. The fourth-order valence-corrected chi connectivity index (χ4v) is 3.31. The van der Waals surface area contributed by atoms with Gasteiger partial charge in [-0.25, -0.2) is 9.97 Å². The highest BCUT2D eigenvalue weighted by Crippen LogP contribution is 2.14. The number of hydrogen-bond donors (Lipinski definition) is 1. The molecule has 1 aromatic carbocycles. The number of ether oxygens (including phenoxy) is 1. The number of amides is 1. The van der Waals surface area contributed by atoms with Crippen LogP contribution in [0.1, 0.15) is 40.7 Å². The second-order valence-electron chi connectivity index (χ2n) is 6.59. The van der Waals surface area contributed by atoms with Gasteiger partial charge in [0, 0.05) is 30.4 Å². The Kier molecular flexibility index (Phi) is 8.79. The molecule has 0 aliphatic carbocycles. The van der Waals surface area contributed by atoms with Crippen molar-refractivity contribution in [2.45, 2.75) is 38.8 Å². The average Bonchev–Trinajstić information content (AvgIpc) is 2.67. The third-order valence-electron chi connectivity index (χ3n) is 3.94. The van der Waals surface area contributed by atoms with E-state index in [0.29, 0.717) is 17.3 Å². The van der Waals surface area contributed by atoms with Crippen molar-refractivity contribution in [2.75, 3.05) is 18.9 Å². The molecule has 1 N–H and O–H groups in total. The van der Waals surface area contributed by atoms with E-state index in [0.717, 1.165) is 29.8 Å². The average molecular weight is 416 g/mol. The number of benzene rings is 1. The molecule has 0 spiro atoms. The number of hydrogen-bond acceptors (Lipinski definition) is 7. The van der Waals surface area contributed by atoms with Gasteiger partial charge in [-0.2, -0.15) is 0 Å². The largest absolute Gasteiger partial charge is 0.457 e. The second kappa shape index (κ2) is 11.3. The van der Waals surface area contributed by atoms with Crippen molar-refractivity contribution in [1.82, 2.24) is 15.3 Å². The molecule has 0 bridgehead atoms. The van der Waals surface area contributed by atoms with Crippen molar-refractivity contribution in [2.24, 2.45) is 0 Å². The summed E-state index contributed by atoms with van der Waals surface area (Å²) < 4.78 is 5.07. The number of aromatic nitrogens is 2. The number of esters is 1. The minimum atomic E-state index is -0.485. The molecule has 0 saturated heterocycles. The first-order valence-corrected chi connectivity index (χ1v) is 10.3. The third kappa shape index (κ3) is 8.43. The van der Waals surface area contributed by atoms with Crippen LogP contribution in [-0.2, 0) is 20.7 Å². The first-order chi connectivity index (χ1) is 13.8. The van der Waals surface area contributed by atoms with Gasteiger partial charge in [0.05, 0.1) is 5.75 Å². The number of ketones is 1. The quantitative estimate of drug-likeness (QED) is 0.209. The van der Waals surface area contributed by atoms with Crippen LogP contribution in [0.25, 0.3) is 0 Å². The molecule has 0 atom stereocenters. The van der Waals surface area contributed by atoms with Crippen molar-refractivity contribution < 1.29 is 19.1 Å². The smallest absolute Gasteiger partial charge is 0.316 e. The second-order valence-corrected chi connectivity index (χ2v) is 7.53. The number of thioether (sulfide) groups is 1. The van der Waals surface area contributed by atoms with Crippen LogP contribution in [-0.4, -0.2) is 46.5 Å². The van der Waals surface area contributed by atoms with Gasteiger partial charge in [-0.15, -0.1) is 0 Å². The summed E-state index contributed by atoms with van der Waals surface area (Å²) in [4.78, 5) is 43.4. The van der Waals surface area contributed by atoms with E-state index in [4.69, 9.17) is 4.74 Å². The molecule has 1 heterocycles. The minimum Gasteiger partial charge on any atom is -0.457 e. The lowest BCUT2D eigenvalue weighted by Crippen LogP contribution is -2.21. The summed E-state index contributed by atoms with van der Waals surface area (Å²) in [6.45, 7) is 5.55. The molecular weight excluding hydrogens is 390 g/mol. The maximum Gasteiger partial charge on any atom is 0.316 e. The Morgan fingerprint density at radius 1 is 1.07 bits per heavy atom. The first-order valence-electron chi connectivity index (χ1n) is 9.31. The number of nitrogens with one attached hydrogen (secondary N) is 1. The van der Waals surface area contributed by atoms with E-state index in [9.17, 15) is 14.4 Å². The van der Waals surface area contributed by atoms with Gasteiger partial charge in [0.15, 0.2) is 17.5 Å². The van der Waals surface area contributed by atoms with E-state index in [2.05, 4.69) is 15.3 Å². The van der Waals surface area contributed by atoms with Gasteiger partial charge in [0.2, 0.25) is 5.91 Å². The van der Waals surface area contributed by atoms with Crippen LogP contribution in [0.15, 0.2) is 35.5 Å². The van der Waals surface area contributed by atoms with Gasteiger partial charge in [0.1, 0.15) is 0 Å². The summed E-state index contributed by atoms with van der Waals surface area (Å²) in [6.07, 6.45) is 1.63. The number of aryl methyl sites for hydroxylation is 3. The molecule has 2 rings (SSSR count). The van der Waals surface area contributed by atoms with Crippen LogP contribution in [0.4, 0.5) is 0 Å². The molecule has 154 valence electrons. The lowest BCUT2D eigenvalue weighted by molar-refractivity contribution is -0.139. The van der Waals surface area contributed by atoms with Crippen molar-refractivity contribution in [3.8, 4) is 0 Å². The number of rotatable bonds is 10. The fourth-order valence-electron chi connectivity index (χ4n) is 2.57. The lowest BCUT2D eigenvalue weighted by atomic mass is 10.1. The molecule has 0 saturated carbocycles. The maximum absolute atomic E-state index is 12.2. The molecule has 0 aliphatic rings. The Bertz CT molecular complexity index is 848. The molecule has 0 radical (unpaired) electrons. The maximum atomic E-state index is 12.2. The summed E-state index contributed by atoms with van der Waals surface area (Å²) in [5, 5.41) is 3.26. The zero-order valence-corrected chi connectivity index (χ0v) is 17.7. The summed E-state index contributed by atoms with van der Waals surface area (Å²) in [6, 6.07) is 9.05. The van der Waals surface area contributed by atoms with E-state index in [1.54, 1.807) is 12.1 Å². The number of nitrogens with zero attached hydrogens (tertiary/aromatic N) is 2. The van der Waals surface area contributed by atoms with E-state index >= 15 is 0 Å². The van der Waals surface area contributed by atoms with Crippen LogP contribution in [0.3, 0.4) is 0 Å². The predicted octanol–water partition coefficient (Wildman–Crippen LogP) is 2.68. The standard InChI is InChI=1S/C21H25N3O4S/c1-14-11-15(2)24-21(23-14)29-13-20(27)28-12-19(26)18-8-6-17(7-9-18)5-4-10-22-16(3)25/h6-9,11H,4-5,10,12-13H2,1-3H3,(H,22,25). The molecule has 0 fully saturated rings. The first kappa shape index (κ1) is 22.5. The van der Waals surface area contributed by atoms with Crippen LogP contribution >= 0.6 is 11.8 Å². The topological polar surface area (TPSA) is 98.2 Å². The molecule has 1 aromatic heterocycles. The van der Waals surface area contributed by atoms with Crippen molar-refractivity contribution in [1.29, 1.82) is 0 Å². The Morgan fingerprint density at radius 3 is 2.34 bits per heavy atom. The fraction of sp³-hybridized carbons (Fsp3) is 0.381. The van der Waals surface area contributed by atoms with Gasteiger partial charge in [-0.1, -0.05) is 36.0 Å². The van der Waals surface area contributed by atoms with Gasteiger partial charge < -0.3 is 10.1 Å². The van der Waals surface area contributed by atoms with Gasteiger partial charge in [-0.05, 0) is 38.3 Å². The molecule has 8 heteroatoms. The van der Waals surface area contributed by atoms with Gasteiger partial charge in [0.25, 0.3) is 0 Å². The lowest BCUT2D eigenvalue weighted by Gasteiger charge is -2.06. The summed E-state index contributed by atoms with van der Waals surface area (Å²) in [7, 11) is 0. The molecule has 2 aromatic rings. The minimum absolute atomic E-state index is 0.0413. The summed E-state index contributed by atoms with van der Waals surface area (Å²) >= 11 is 1.18. The van der Waals surface area contributed by atoms with Crippen LogP contribution in [0.2, 0.25) is 0 Å².